The van der Waals surface area contributed by atoms with E-state index in [1.54, 1.807) is 44.2 Å². The molecule has 158 valence electrons. The Hall–Kier alpha value is -2.91. The molecule has 0 radical (unpaired) electrons. The predicted molar refractivity (Wildman–Crippen MR) is 106 cm³/mol. The highest BCUT2D eigenvalue weighted by Crippen LogP contribution is 2.33. The normalized spacial score (nSPS) is 12.7. The van der Waals surface area contributed by atoms with Crippen LogP contribution in [0.25, 0.3) is 11.1 Å². The van der Waals surface area contributed by atoms with Crippen molar-refractivity contribution in [3.8, 4) is 16.9 Å². The molecule has 0 fully saturated rings. The Kier molecular flexibility index (Phi) is 5.62. The minimum atomic E-state index is -4.65. The van der Waals surface area contributed by atoms with Gasteiger partial charge in [-0.2, -0.15) is 13.2 Å². The van der Waals surface area contributed by atoms with E-state index in [9.17, 15) is 26.7 Å². The standard InChI is InChI=1S/C21H19F3N2O3S/c1-20(2,15-6-3-5-14(11-15)18-9-10-25-13-19(18)27)26-30(28,29)17-8-4-7-16(12-17)21(22,23)24/h3-13,26-27H,1-2H3. The number of halogens is 3. The van der Waals surface area contributed by atoms with Crippen molar-refractivity contribution in [2.75, 3.05) is 0 Å². The summed E-state index contributed by atoms with van der Waals surface area (Å²) in [6.45, 7) is 3.20. The molecular weight excluding hydrogens is 417 g/mol. The summed E-state index contributed by atoms with van der Waals surface area (Å²) in [5.74, 6) is -0.0306. The van der Waals surface area contributed by atoms with E-state index in [0.29, 0.717) is 22.8 Å². The monoisotopic (exact) mass is 436 g/mol. The number of nitrogens with zero attached hydrogens (tertiary/aromatic N) is 1. The van der Waals surface area contributed by atoms with Gasteiger partial charge >= 0.3 is 6.18 Å². The van der Waals surface area contributed by atoms with Gasteiger partial charge in [0.25, 0.3) is 0 Å². The maximum absolute atomic E-state index is 13.0. The van der Waals surface area contributed by atoms with Crippen LogP contribution in [0.4, 0.5) is 13.2 Å². The zero-order chi connectivity index (χ0) is 22.2. The van der Waals surface area contributed by atoms with Gasteiger partial charge in [0.2, 0.25) is 10.0 Å². The van der Waals surface area contributed by atoms with Gasteiger partial charge < -0.3 is 5.11 Å². The number of rotatable bonds is 5. The molecule has 0 aliphatic rings. The van der Waals surface area contributed by atoms with Crippen LogP contribution in [0.5, 0.6) is 5.75 Å². The molecule has 0 aliphatic carbocycles. The number of hydrogen-bond acceptors (Lipinski definition) is 4. The van der Waals surface area contributed by atoms with Crippen molar-refractivity contribution in [2.24, 2.45) is 0 Å². The molecule has 0 saturated carbocycles. The van der Waals surface area contributed by atoms with Gasteiger partial charge in [0.1, 0.15) is 5.75 Å². The van der Waals surface area contributed by atoms with Gasteiger partial charge in [-0.25, -0.2) is 13.1 Å². The molecule has 0 saturated heterocycles. The fourth-order valence-electron chi connectivity index (χ4n) is 3.00. The Morgan fingerprint density at radius 1 is 0.967 bits per heavy atom. The molecule has 1 aromatic heterocycles. The number of aromatic hydroxyl groups is 1. The van der Waals surface area contributed by atoms with Gasteiger partial charge in [-0.1, -0.05) is 24.3 Å². The lowest BCUT2D eigenvalue weighted by Crippen LogP contribution is -2.41. The number of pyridine rings is 1. The Labute approximate surface area is 172 Å². The number of benzene rings is 2. The highest BCUT2D eigenvalue weighted by Gasteiger charge is 2.33. The molecule has 0 aliphatic heterocycles. The highest BCUT2D eigenvalue weighted by molar-refractivity contribution is 7.89. The topological polar surface area (TPSA) is 79.3 Å². The van der Waals surface area contributed by atoms with E-state index in [-0.39, 0.29) is 5.75 Å². The van der Waals surface area contributed by atoms with Crippen molar-refractivity contribution in [1.82, 2.24) is 9.71 Å². The lowest BCUT2D eigenvalue weighted by molar-refractivity contribution is -0.137. The Bertz CT molecular complexity index is 1180. The lowest BCUT2D eigenvalue weighted by atomic mass is 9.92. The molecule has 0 unspecified atom stereocenters. The van der Waals surface area contributed by atoms with Crippen molar-refractivity contribution in [2.45, 2.75) is 30.5 Å². The van der Waals surface area contributed by atoms with Crippen molar-refractivity contribution in [3.05, 3.63) is 78.1 Å². The van der Waals surface area contributed by atoms with E-state index >= 15 is 0 Å². The summed E-state index contributed by atoms with van der Waals surface area (Å²) in [6, 6.07) is 12.0. The molecule has 9 heteroatoms. The van der Waals surface area contributed by atoms with Crippen LogP contribution in [0.3, 0.4) is 0 Å². The summed E-state index contributed by atoms with van der Waals surface area (Å²) in [7, 11) is -4.24. The highest BCUT2D eigenvalue weighted by atomic mass is 32.2. The zero-order valence-corrected chi connectivity index (χ0v) is 16.9. The molecule has 2 aromatic carbocycles. The average molecular weight is 436 g/mol. The molecule has 0 atom stereocenters. The number of aromatic nitrogens is 1. The molecule has 3 aromatic rings. The molecule has 0 spiro atoms. The first-order valence-corrected chi connectivity index (χ1v) is 10.3. The third-order valence-electron chi connectivity index (χ3n) is 4.56. The number of nitrogens with one attached hydrogen (secondary N) is 1. The maximum Gasteiger partial charge on any atom is 0.416 e. The fourth-order valence-corrected chi connectivity index (χ4v) is 4.45. The first-order valence-electron chi connectivity index (χ1n) is 8.85. The second kappa shape index (κ2) is 7.73. The SMILES string of the molecule is CC(C)(NS(=O)(=O)c1cccc(C(F)(F)F)c1)c1cccc(-c2ccncc2O)c1. The molecule has 0 bridgehead atoms. The molecule has 0 amide bonds. The third kappa shape index (κ3) is 4.63. The average Bonchev–Trinajstić information content (AvgIpc) is 2.67. The second-order valence-corrected chi connectivity index (χ2v) is 8.91. The van der Waals surface area contributed by atoms with Gasteiger partial charge in [-0.3, -0.25) is 4.98 Å². The van der Waals surface area contributed by atoms with E-state index in [2.05, 4.69) is 9.71 Å². The van der Waals surface area contributed by atoms with Gasteiger partial charge in [0, 0.05) is 11.8 Å². The largest absolute Gasteiger partial charge is 0.506 e. The van der Waals surface area contributed by atoms with Crippen LogP contribution in [0.2, 0.25) is 0 Å². The molecule has 1 heterocycles. The molecule has 2 N–H and O–H groups in total. The smallest absolute Gasteiger partial charge is 0.416 e. The van der Waals surface area contributed by atoms with Gasteiger partial charge in [0.15, 0.2) is 0 Å². The van der Waals surface area contributed by atoms with Crippen molar-refractivity contribution in [1.29, 1.82) is 0 Å². The van der Waals surface area contributed by atoms with Crippen LogP contribution in [-0.4, -0.2) is 18.5 Å². The first-order chi connectivity index (χ1) is 13.9. The summed E-state index contributed by atoms with van der Waals surface area (Å²) in [6.07, 6.45) is -1.84. The van der Waals surface area contributed by atoms with E-state index in [1.165, 1.54) is 12.4 Å². The summed E-state index contributed by atoms with van der Waals surface area (Å²) in [4.78, 5) is 3.35. The molecule has 3 rings (SSSR count). The van der Waals surface area contributed by atoms with Crippen LogP contribution in [0.15, 0.2) is 71.9 Å². The predicted octanol–water partition coefficient (Wildman–Crippen LogP) is 4.69. The number of hydrogen-bond donors (Lipinski definition) is 2. The van der Waals surface area contributed by atoms with E-state index < -0.39 is 32.2 Å². The van der Waals surface area contributed by atoms with Crippen LogP contribution < -0.4 is 4.72 Å². The van der Waals surface area contributed by atoms with Crippen LogP contribution in [-0.2, 0) is 21.7 Å². The summed E-state index contributed by atoms with van der Waals surface area (Å²) >= 11 is 0. The van der Waals surface area contributed by atoms with Crippen LogP contribution in [0.1, 0.15) is 25.0 Å². The van der Waals surface area contributed by atoms with Crippen molar-refractivity contribution < 1.29 is 26.7 Å². The van der Waals surface area contributed by atoms with Gasteiger partial charge in [-0.15, -0.1) is 0 Å². The number of alkyl halides is 3. The molecular formula is C21H19F3N2O3S. The first kappa shape index (κ1) is 21.8. The van der Waals surface area contributed by atoms with Crippen LogP contribution >= 0.6 is 0 Å². The Morgan fingerprint density at radius 3 is 2.30 bits per heavy atom. The zero-order valence-electron chi connectivity index (χ0n) is 16.1. The van der Waals surface area contributed by atoms with Crippen LogP contribution in [0, 0.1) is 0 Å². The maximum atomic E-state index is 13.0. The minimum Gasteiger partial charge on any atom is -0.506 e. The van der Waals surface area contributed by atoms with Crippen molar-refractivity contribution >= 4 is 10.0 Å². The summed E-state index contributed by atoms with van der Waals surface area (Å²) < 4.78 is 66.9. The fraction of sp³-hybridized carbons (Fsp3) is 0.190. The van der Waals surface area contributed by atoms with Gasteiger partial charge in [0.05, 0.1) is 22.2 Å². The third-order valence-corrected chi connectivity index (χ3v) is 6.21. The van der Waals surface area contributed by atoms with E-state index in [1.807, 2.05) is 0 Å². The lowest BCUT2D eigenvalue weighted by Gasteiger charge is -2.27. The Balaban J connectivity index is 1.95. The number of sulfonamides is 1. The van der Waals surface area contributed by atoms with E-state index in [4.69, 9.17) is 0 Å². The second-order valence-electron chi connectivity index (χ2n) is 7.23. The van der Waals surface area contributed by atoms with E-state index in [0.717, 1.165) is 18.2 Å². The molecule has 5 nitrogen and oxygen atoms in total. The summed E-state index contributed by atoms with van der Waals surface area (Å²) in [5.41, 5.74) is -0.474. The minimum absolute atomic E-state index is 0.0306. The van der Waals surface area contributed by atoms with Crippen molar-refractivity contribution in [3.63, 3.8) is 0 Å². The molecule has 30 heavy (non-hydrogen) atoms. The quantitative estimate of drug-likeness (QED) is 0.608. The Morgan fingerprint density at radius 2 is 1.63 bits per heavy atom. The van der Waals surface area contributed by atoms with Gasteiger partial charge in [-0.05, 0) is 55.3 Å². The summed E-state index contributed by atoms with van der Waals surface area (Å²) in [5, 5.41) is 10.0.